The molecule has 184 valence electrons. The Morgan fingerprint density at radius 2 is 1.94 bits per heavy atom. The largest absolute Gasteiger partial charge is 0.382 e. The Labute approximate surface area is 209 Å². The van der Waals surface area contributed by atoms with E-state index >= 15 is 0 Å². The lowest BCUT2D eigenvalue weighted by molar-refractivity contribution is 0.102. The Balaban J connectivity index is 1.53. The molecule has 0 saturated carbocycles. The summed E-state index contributed by atoms with van der Waals surface area (Å²) in [5, 5.41) is 2.94. The number of thiophene rings is 1. The van der Waals surface area contributed by atoms with Crippen LogP contribution in [0.2, 0.25) is 0 Å². The maximum atomic E-state index is 13.2. The maximum absolute atomic E-state index is 13.2. The molecule has 1 amide bonds. The van der Waals surface area contributed by atoms with Crippen molar-refractivity contribution in [1.82, 2.24) is 24.1 Å². The van der Waals surface area contributed by atoms with Gasteiger partial charge in [-0.05, 0) is 55.3 Å². The molecule has 0 spiro atoms. The number of pyridine rings is 1. The third-order valence-corrected chi connectivity index (χ3v) is 7.00. The lowest BCUT2D eigenvalue weighted by Gasteiger charge is -2.11. The smallest absolute Gasteiger partial charge is 0.316 e. The number of nitrogens with zero attached hydrogens (tertiary/aromatic N) is 4. The van der Waals surface area contributed by atoms with Gasteiger partial charge in [0.15, 0.2) is 0 Å². The molecule has 5 aromatic rings. The molecule has 0 atom stereocenters. The zero-order chi connectivity index (χ0) is 25.2. The van der Waals surface area contributed by atoms with Crippen LogP contribution in [0.15, 0.2) is 58.4 Å². The van der Waals surface area contributed by atoms with E-state index in [-0.39, 0.29) is 5.91 Å². The van der Waals surface area contributed by atoms with Gasteiger partial charge in [-0.15, -0.1) is 11.3 Å². The lowest BCUT2D eigenvalue weighted by Crippen LogP contribution is -2.34. The number of anilines is 1. The van der Waals surface area contributed by atoms with Crippen molar-refractivity contribution in [2.75, 3.05) is 18.5 Å². The highest BCUT2D eigenvalue weighted by atomic mass is 32.1. The van der Waals surface area contributed by atoms with Crippen LogP contribution in [0.3, 0.4) is 0 Å². The zero-order valence-corrected chi connectivity index (χ0v) is 20.6. The number of ether oxygens (including phenoxy) is 1. The van der Waals surface area contributed by atoms with Crippen LogP contribution in [0.25, 0.3) is 32.5 Å². The normalized spacial score (nSPS) is 11.4. The molecule has 1 aromatic carbocycles. The molecule has 2 N–H and O–H groups in total. The molecule has 0 aliphatic carbocycles. The van der Waals surface area contributed by atoms with E-state index in [2.05, 4.69) is 20.3 Å². The second kappa shape index (κ2) is 9.88. The van der Waals surface area contributed by atoms with Gasteiger partial charge in [0.1, 0.15) is 0 Å². The average Bonchev–Trinajstić information content (AvgIpc) is 3.50. The molecular formula is C25H24N6O4S. The monoisotopic (exact) mass is 504 g/mol. The number of carbonyl (C=O) groups is 1. The summed E-state index contributed by atoms with van der Waals surface area (Å²) in [5.41, 5.74) is 2.04. The molecule has 5 rings (SSSR count). The summed E-state index contributed by atoms with van der Waals surface area (Å²) in [6.07, 6.45) is 4.13. The molecule has 4 aromatic heterocycles. The number of aryl methyl sites for hydroxylation is 2. The van der Waals surface area contributed by atoms with Gasteiger partial charge in [-0.2, -0.15) is 0 Å². The van der Waals surface area contributed by atoms with Crippen LogP contribution >= 0.6 is 11.3 Å². The molecule has 0 aliphatic rings. The third-order valence-electron chi connectivity index (χ3n) is 5.87. The van der Waals surface area contributed by atoms with Gasteiger partial charge in [-0.3, -0.25) is 24.7 Å². The highest BCUT2D eigenvalue weighted by molar-refractivity contribution is 7.17. The quantitative estimate of drug-likeness (QED) is 0.247. The minimum absolute atomic E-state index is 0.271. The van der Waals surface area contributed by atoms with E-state index in [1.165, 1.54) is 15.9 Å². The Hall–Kier alpha value is -4.09. The van der Waals surface area contributed by atoms with Gasteiger partial charge in [0.05, 0.1) is 26.9 Å². The Bertz CT molecular complexity index is 1680. The Morgan fingerprint density at radius 1 is 1.14 bits per heavy atom. The highest BCUT2D eigenvalue weighted by Crippen LogP contribution is 2.29. The number of amides is 1. The van der Waals surface area contributed by atoms with E-state index in [9.17, 15) is 14.4 Å². The van der Waals surface area contributed by atoms with Gasteiger partial charge in [-0.25, -0.2) is 4.98 Å². The summed E-state index contributed by atoms with van der Waals surface area (Å²) in [5.74, 6) is 0.111. The van der Waals surface area contributed by atoms with Crippen LogP contribution in [0.4, 0.5) is 5.95 Å². The maximum Gasteiger partial charge on any atom is 0.316 e. The van der Waals surface area contributed by atoms with Crippen LogP contribution in [0.1, 0.15) is 23.0 Å². The third kappa shape index (κ3) is 4.45. The van der Waals surface area contributed by atoms with Crippen LogP contribution < -0.4 is 16.4 Å². The topological polar surface area (TPSA) is 124 Å². The minimum atomic E-state index is -0.697. The van der Waals surface area contributed by atoms with Gasteiger partial charge < -0.3 is 18.9 Å². The predicted molar refractivity (Wildman–Crippen MR) is 140 cm³/mol. The first-order valence-electron chi connectivity index (χ1n) is 11.5. The van der Waals surface area contributed by atoms with Gasteiger partial charge in [0, 0.05) is 44.1 Å². The average molecular weight is 505 g/mol. The number of carbonyl (C=O) groups excluding carboxylic acids is 1. The summed E-state index contributed by atoms with van der Waals surface area (Å²) < 4.78 is 8.70. The summed E-state index contributed by atoms with van der Waals surface area (Å²) in [7, 11) is 1.56. The molecule has 0 saturated heterocycles. The van der Waals surface area contributed by atoms with E-state index in [1.54, 1.807) is 37.6 Å². The predicted octanol–water partition coefficient (Wildman–Crippen LogP) is 3.38. The summed E-state index contributed by atoms with van der Waals surface area (Å²) in [6, 6.07) is 11.0. The number of aromatic amines is 1. The van der Waals surface area contributed by atoms with Crippen molar-refractivity contribution in [1.29, 1.82) is 0 Å². The molecule has 0 bridgehead atoms. The number of hydrogen-bond acceptors (Lipinski definition) is 7. The van der Waals surface area contributed by atoms with Crippen molar-refractivity contribution in [2.24, 2.45) is 7.05 Å². The van der Waals surface area contributed by atoms with E-state index < -0.39 is 11.1 Å². The molecule has 0 radical (unpaired) electrons. The van der Waals surface area contributed by atoms with Gasteiger partial charge in [0.2, 0.25) is 5.95 Å². The van der Waals surface area contributed by atoms with Crippen LogP contribution in [-0.4, -0.2) is 43.2 Å². The first-order valence-corrected chi connectivity index (χ1v) is 12.3. The van der Waals surface area contributed by atoms with Crippen LogP contribution in [-0.2, 0) is 18.3 Å². The summed E-state index contributed by atoms with van der Waals surface area (Å²) in [6.45, 7) is 3.66. The van der Waals surface area contributed by atoms with Crippen molar-refractivity contribution in [3.8, 4) is 10.4 Å². The Kier molecular flexibility index (Phi) is 6.49. The first-order chi connectivity index (χ1) is 17.5. The lowest BCUT2D eigenvalue weighted by atomic mass is 10.2. The standard InChI is InChI=1S/C25H24N6O4S/c1-3-35-12-4-11-31-19-14-18-16(27-23(33)24(34)30(18)2)13-17(19)28-25(31)29-22(32)21-6-5-20(36-21)15-7-9-26-10-8-15/h5-10,13-14H,3-4,11-12H2,1-2H3,(H,27,33)(H,28,29,32). The van der Waals surface area contributed by atoms with Gasteiger partial charge >= 0.3 is 11.1 Å². The summed E-state index contributed by atoms with van der Waals surface area (Å²) in [4.78, 5) is 50.1. The minimum Gasteiger partial charge on any atom is -0.382 e. The van der Waals surface area contributed by atoms with E-state index in [0.717, 1.165) is 16.0 Å². The Morgan fingerprint density at radius 3 is 2.72 bits per heavy atom. The zero-order valence-electron chi connectivity index (χ0n) is 19.8. The van der Waals surface area contributed by atoms with E-state index in [4.69, 9.17) is 4.74 Å². The first kappa shape index (κ1) is 23.6. The number of imidazole rings is 1. The molecule has 0 aliphatic heterocycles. The number of hydrogen-bond donors (Lipinski definition) is 2. The van der Waals surface area contributed by atoms with Crippen molar-refractivity contribution >= 4 is 45.3 Å². The van der Waals surface area contributed by atoms with Gasteiger partial charge in [0.25, 0.3) is 5.91 Å². The van der Waals surface area contributed by atoms with Gasteiger partial charge in [-0.1, -0.05) is 0 Å². The summed E-state index contributed by atoms with van der Waals surface area (Å²) >= 11 is 1.38. The fraction of sp³-hybridized carbons (Fsp3) is 0.240. The molecule has 11 heteroatoms. The van der Waals surface area contributed by atoms with Crippen molar-refractivity contribution < 1.29 is 9.53 Å². The molecule has 0 unspecified atom stereocenters. The molecule has 36 heavy (non-hydrogen) atoms. The van der Waals surface area contributed by atoms with E-state index in [1.807, 2.05) is 29.7 Å². The number of H-pyrrole nitrogens is 1. The number of fused-ring (bicyclic) bond motifs is 2. The van der Waals surface area contributed by atoms with E-state index in [0.29, 0.717) is 53.6 Å². The van der Waals surface area contributed by atoms with Crippen LogP contribution in [0, 0.1) is 0 Å². The fourth-order valence-corrected chi connectivity index (χ4v) is 4.97. The molecule has 10 nitrogen and oxygen atoms in total. The fourth-order valence-electron chi connectivity index (χ4n) is 4.06. The van der Waals surface area contributed by atoms with Crippen molar-refractivity contribution in [2.45, 2.75) is 19.9 Å². The molecule has 4 heterocycles. The van der Waals surface area contributed by atoms with Crippen molar-refractivity contribution in [3.63, 3.8) is 0 Å². The number of aromatic nitrogens is 5. The number of nitrogens with one attached hydrogen (secondary N) is 2. The number of rotatable bonds is 8. The SMILES string of the molecule is CCOCCCn1c(NC(=O)c2ccc(-c3ccncc3)s2)nc2cc3[nH]c(=O)c(=O)n(C)c3cc21. The highest BCUT2D eigenvalue weighted by Gasteiger charge is 2.18. The van der Waals surface area contributed by atoms with Crippen molar-refractivity contribution in [3.05, 3.63) is 74.4 Å². The number of benzene rings is 1. The van der Waals surface area contributed by atoms with Crippen LogP contribution in [0.5, 0.6) is 0 Å². The molecule has 0 fully saturated rings. The second-order valence-corrected chi connectivity index (χ2v) is 9.25. The second-order valence-electron chi connectivity index (χ2n) is 8.17. The molecular weight excluding hydrogens is 480 g/mol.